The molecule has 0 amide bonds. The van der Waals surface area contributed by atoms with E-state index in [1.165, 1.54) is 5.56 Å². The van der Waals surface area contributed by atoms with Crippen LogP contribution in [0.15, 0.2) is 53.0 Å². The Bertz CT molecular complexity index is 494. The summed E-state index contributed by atoms with van der Waals surface area (Å²) >= 11 is 3.49. The third kappa shape index (κ3) is 4.37. The number of halogens is 1. The fraction of sp³-hybridized carbons (Fsp3) is 0.250. The molecule has 100 valence electrons. The van der Waals surface area contributed by atoms with E-state index in [9.17, 15) is 5.11 Å². The monoisotopic (exact) mass is 319 g/mol. The summed E-state index contributed by atoms with van der Waals surface area (Å²) in [5.74, 6) is 0.701. The minimum Gasteiger partial charge on any atom is -0.508 e. The van der Waals surface area contributed by atoms with Gasteiger partial charge >= 0.3 is 0 Å². The summed E-state index contributed by atoms with van der Waals surface area (Å²) in [6.07, 6.45) is 1.84. The van der Waals surface area contributed by atoms with Gasteiger partial charge in [0.15, 0.2) is 0 Å². The van der Waals surface area contributed by atoms with E-state index in [1.807, 2.05) is 30.3 Å². The van der Waals surface area contributed by atoms with Gasteiger partial charge in [0.25, 0.3) is 0 Å². The van der Waals surface area contributed by atoms with Gasteiger partial charge in [-0.2, -0.15) is 0 Å². The first-order valence-electron chi connectivity index (χ1n) is 6.40. The van der Waals surface area contributed by atoms with Crippen molar-refractivity contribution in [1.29, 1.82) is 0 Å². The summed E-state index contributed by atoms with van der Waals surface area (Å²) in [5.41, 5.74) is 8.28. The minimum atomic E-state index is 0.315. The normalized spacial score (nSPS) is 12.3. The average molecular weight is 320 g/mol. The second-order valence-corrected chi connectivity index (χ2v) is 5.73. The van der Waals surface area contributed by atoms with Crippen molar-refractivity contribution in [2.45, 2.75) is 12.8 Å². The van der Waals surface area contributed by atoms with Crippen LogP contribution in [0.3, 0.4) is 0 Å². The molecule has 0 radical (unpaired) electrons. The number of aromatic hydroxyl groups is 1. The molecule has 1 atom stereocenters. The van der Waals surface area contributed by atoms with Crippen LogP contribution in [0.2, 0.25) is 0 Å². The third-order valence-electron chi connectivity index (χ3n) is 3.18. The van der Waals surface area contributed by atoms with Gasteiger partial charge in [-0.25, -0.2) is 0 Å². The first-order chi connectivity index (χ1) is 9.17. The molecule has 3 heteroatoms. The number of phenols is 1. The van der Waals surface area contributed by atoms with Crippen molar-refractivity contribution in [3.05, 3.63) is 64.1 Å². The van der Waals surface area contributed by atoms with E-state index in [0.29, 0.717) is 18.2 Å². The second kappa shape index (κ2) is 6.73. The number of nitrogens with two attached hydrogens (primary N) is 1. The SMILES string of the molecule is NCC(Cc1cccc(O)c1)Cc1cccc(Br)c1. The van der Waals surface area contributed by atoms with Gasteiger partial charge in [-0.1, -0.05) is 40.2 Å². The van der Waals surface area contributed by atoms with Crippen LogP contribution in [0.25, 0.3) is 0 Å². The topological polar surface area (TPSA) is 46.2 Å². The van der Waals surface area contributed by atoms with Crippen molar-refractivity contribution >= 4 is 15.9 Å². The first-order valence-corrected chi connectivity index (χ1v) is 7.19. The van der Waals surface area contributed by atoms with Crippen LogP contribution in [0.4, 0.5) is 0 Å². The van der Waals surface area contributed by atoms with Crippen LogP contribution in [0.5, 0.6) is 5.75 Å². The summed E-state index contributed by atoms with van der Waals surface area (Å²) in [4.78, 5) is 0. The Morgan fingerprint density at radius 3 is 2.21 bits per heavy atom. The Morgan fingerprint density at radius 2 is 1.63 bits per heavy atom. The van der Waals surface area contributed by atoms with E-state index in [1.54, 1.807) is 6.07 Å². The van der Waals surface area contributed by atoms with Gasteiger partial charge in [0, 0.05) is 4.47 Å². The number of hydrogen-bond acceptors (Lipinski definition) is 2. The Kier molecular flexibility index (Phi) is 5.00. The molecule has 0 fully saturated rings. The zero-order valence-electron chi connectivity index (χ0n) is 10.7. The Morgan fingerprint density at radius 1 is 1.00 bits per heavy atom. The number of benzene rings is 2. The van der Waals surface area contributed by atoms with Crippen molar-refractivity contribution in [3.63, 3.8) is 0 Å². The molecule has 0 aromatic heterocycles. The Hall–Kier alpha value is -1.32. The molecule has 0 spiro atoms. The van der Waals surface area contributed by atoms with Crippen LogP contribution < -0.4 is 5.73 Å². The summed E-state index contributed by atoms with van der Waals surface area (Å²) in [6.45, 7) is 0.641. The molecule has 0 bridgehead atoms. The number of hydrogen-bond donors (Lipinski definition) is 2. The average Bonchev–Trinajstić information content (AvgIpc) is 2.38. The molecule has 3 N–H and O–H groups in total. The fourth-order valence-corrected chi connectivity index (χ4v) is 2.70. The lowest BCUT2D eigenvalue weighted by Crippen LogP contribution is -2.19. The van der Waals surface area contributed by atoms with Crippen LogP contribution in [-0.2, 0) is 12.8 Å². The molecule has 0 aliphatic carbocycles. The highest BCUT2D eigenvalue weighted by atomic mass is 79.9. The van der Waals surface area contributed by atoms with Crippen molar-refractivity contribution < 1.29 is 5.11 Å². The van der Waals surface area contributed by atoms with Gasteiger partial charge in [0.05, 0.1) is 0 Å². The number of rotatable bonds is 5. The lowest BCUT2D eigenvalue weighted by Gasteiger charge is -2.15. The Labute approximate surface area is 122 Å². The predicted molar refractivity (Wildman–Crippen MR) is 82.2 cm³/mol. The van der Waals surface area contributed by atoms with Crippen LogP contribution in [-0.4, -0.2) is 11.7 Å². The van der Waals surface area contributed by atoms with E-state index in [0.717, 1.165) is 22.9 Å². The standard InChI is InChI=1S/C16H18BrNO/c17-15-5-1-3-12(9-15)7-14(11-18)8-13-4-2-6-16(19)10-13/h1-6,9-10,14,19H,7-8,11,18H2. The van der Waals surface area contributed by atoms with E-state index in [4.69, 9.17) is 5.73 Å². The van der Waals surface area contributed by atoms with E-state index < -0.39 is 0 Å². The molecule has 2 aromatic rings. The summed E-state index contributed by atoms with van der Waals surface area (Å²) in [6, 6.07) is 15.7. The maximum Gasteiger partial charge on any atom is 0.115 e. The highest BCUT2D eigenvalue weighted by Crippen LogP contribution is 2.19. The molecule has 0 aliphatic heterocycles. The lowest BCUT2D eigenvalue weighted by atomic mass is 9.92. The summed E-state index contributed by atoms with van der Waals surface area (Å²) in [7, 11) is 0. The molecule has 0 saturated carbocycles. The fourth-order valence-electron chi connectivity index (χ4n) is 2.25. The number of phenolic OH excluding ortho intramolecular Hbond substituents is 1. The molecule has 0 aliphatic rings. The van der Waals surface area contributed by atoms with Crippen molar-refractivity contribution in [3.8, 4) is 5.75 Å². The van der Waals surface area contributed by atoms with Crippen LogP contribution in [0.1, 0.15) is 11.1 Å². The molecule has 2 rings (SSSR count). The van der Waals surface area contributed by atoms with Crippen LogP contribution >= 0.6 is 15.9 Å². The highest BCUT2D eigenvalue weighted by Gasteiger charge is 2.09. The highest BCUT2D eigenvalue weighted by molar-refractivity contribution is 9.10. The van der Waals surface area contributed by atoms with Gasteiger partial charge in [-0.15, -0.1) is 0 Å². The molecule has 1 unspecified atom stereocenters. The van der Waals surface area contributed by atoms with Gasteiger partial charge in [0.2, 0.25) is 0 Å². The second-order valence-electron chi connectivity index (χ2n) is 4.81. The Balaban J connectivity index is 2.04. The summed E-state index contributed by atoms with van der Waals surface area (Å²) in [5, 5.41) is 9.49. The molecule has 0 heterocycles. The molecule has 2 aromatic carbocycles. The summed E-state index contributed by atoms with van der Waals surface area (Å²) < 4.78 is 1.10. The molecule has 2 nitrogen and oxygen atoms in total. The van der Waals surface area contributed by atoms with E-state index in [2.05, 4.69) is 28.1 Å². The molecular formula is C16H18BrNO. The maximum absolute atomic E-state index is 9.49. The molecular weight excluding hydrogens is 302 g/mol. The van der Waals surface area contributed by atoms with E-state index in [-0.39, 0.29) is 0 Å². The van der Waals surface area contributed by atoms with Crippen molar-refractivity contribution in [1.82, 2.24) is 0 Å². The lowest BCUT2D eigenvalue weighted by molar-refractivity contribution is 0.472. The van der Waals surface area contributed by atoms with Crippen LogP contribution in [0, 0.1) is 5.92 Å². The largest absolute Gasteiger partial charge is 0.508 e. The molecule has 0 saturated heterocycles. The van der Waals surface area contributed by atoms with Crippen molar-refractivity contribution in [2.24, 2.45) is 11.7 Å². The van der Waals surface area contributed by atoms with Gasteiger partial charge in [-0.3, -0.25) is 0 Å². The molecule has 19 heavy (non-hydrogen) atoms. The van der Waals surface area contributed by atoms with Gasteiger partial charge in [-0.05, 0) is 60.7 Å². The maximum atomic E-state index is 9.49. The predicted octanol–water partition coefficient (Wildman–Crippen LogP) is 3.51. The minimum absolute atomic E-state index is 0.315. The zero-order valence-corrected chi connectivity index (χ0v) is 12.3. The zero-order chi connectivity index (χ0) is 13.7. The van der Waals surface area contributed by atoms with Gasteiger partial charge < -0.3 is 10.8 Å². The smallest absolute Gasteiger partial charge is 0.115 e. The van der Waals surface area contributed by atoms with E-state index >= 15 is 0 Å². The van der Waals surface area contributed by atoms with Crippen molar-refractivity contribution in [2.75, 3.05) is 6.54 Å². The third-order valence-corrected chi connectivity index (χ3v) is 3.67. The first kappa shape index (κ1) is 14.1. The quantitative estimate of drug-likeness (QED) is 0.885. The van der Waals surface area contributed by atoms with Gasteiger partial charge in [0.1, 0.15) is 5.75 Å².